The zero-order chi connectivity index (χ0) is 13.5. The van der Waals surface area contributed by atoms with Crippen LogP contribution in [-0.4, -0.2) is 57.1 Å². The Bertz CT molecular complexity index is 330. The number of carboxylic acid groups (broad SMARTS) is 1. The number of aliphatic carboxylic acids is 1. The molecule has 0 aromatic rings. The fraction of sp³-hybridized carbons (Fsp3) is 0.889. The quantitative estimate of drug-likeness (QED) is 0.596. The zero-order valence-electron chi connectivity index (χ0n) is 10.3. The normalized spacial score (nSPS) is 13.9. The number of carboxylic acids is 1. The standard InChI is InChI=1S/C9H20N2O5S/c1-4-5-8(9(12)13)10-17(14,15)11(2)6-7-16-3/h8,10H,4-7H2,1-3H3,(H,12,13). The number of hydrogen-bond donors (Lipinski definition) is 2. The summed E-state index contributed by atoms with van der Waals surface area (Å²) in [5.41, 5.74) is 0. The molecule has 0 amide bonds. The number of methoxy groups -OCH3 is 1. The van der Waals surface area contributed by atoms with Crippen LogP contribution in [0.1, 0.15) is 19.8 Å². The van der Waals surface area contributed by atoms with Crippen molar-refractivity contribution in [2.75, 3.05) is 27.3 Å². The van der Waals surface area contributed by atoms with Gasteiger partial charge in [-0.15, -0.1) is 0 Å². The molecule has 7 nitrogen and oxygen atoms in total. The van der Waals surface area contributed by atoms with Crippen LogP contribution in [0, 0.1) is 0 Å². The summed E-state index contributed by atoms with van der Waals surface area (Å²) in [5, 5.41) is 8.86. The van der Waals surface area contributed by atoms with E-state index in [-0.39, 0.29) is 19.6 Å². The third-order valence-electron chi connectivity index (χ3n) is 2.19. The van der Waals surface area contributed by atoms with Gasteiger partial charge in [0.2, 0.25) is 0 Å². The average Bonchev–Trinajstić information content (AvgIpc) is 2.24. The van der Waals surface area contributed by atoms with Gasteiger partial charge < -0.3 is 9.84 Å². The fourth-order valence-corrected chi connectivity index (χ4v) is 2.20. The van der Waals surface area contributed by atoms with Gasteiger partial charge >= 0.3 is 5.97 Å². The molecule has 8 heteroatoms. The highest BCUT2D eigenvalue weighted by molar-refractivity contribution is 7.87. The van der Waals surface area contributed by atoms with Crippen molar-refractivity contribution in [3.63, 3.8) is 0 Å². The van der Waals surface area contributed by atoms with E-state index < -0.39 is 22.2 Å². The number of nitrogens with zero attached hydrogens (tertiary/aromatic N) is 1. The van der Waals surface area contributed by atoms with Gasteiger partial charge in [0, 0.05) is 20.7 Å². The van der Waals surface area contributed by atoms with E-state index in [2.05, 4.69) is 4.72 Å². The monoisotopic (exact) mass is 268 g/mol. The molecule has 2 N–H and O–H groups in total. The largest absolute Gasteiger partial charge is 0.480 e. The van der Waals surface area contributed by atoms with Crippen molar-refractivity contribution in [2.24, 2.45) is 0 Å². The summed E-state index contributed by atoms with van der Waals surface area (Å²) in [5.74, 6) is -1.17. The summed E-state index contributed by atoms with van der Waals surface area (Å²) in [6, 6.07) is -1.09. The molecule has 0 saturated carbocycles. The molecule has 1 atom stereocenters. The third-order valence-corrected chi connectivity index (χ3v) is 3.77. The Morgan fingerprint density at radius 2 is 2.12 bits per heavy atom. The van der Waals surface area contributed by atoms with Crippen molar-refractivity contribution in [1.29, 1.82) is 0 Å². The van der Waals surface area contributed by atoms with Crippen LogP contribution in [0.25, 0.3) is 0 Å². The first kappa shape index (κ1) is 16.3. The van der Waals surface area contributed by atoms with Gasteiger partial charge in [0.15, 0.2) is 0 Å². The second-order valence-corrected chi connectivity index (χ2v) is 5.43. The summed E-state index contributed by atoms with van der Waals surface area (Å²) in [6.07, 6.45) is 0.841. The zero-order valence-corrected chi connectivity index (χ0v) is 11.2. The summed E-state index contributed by atoms with van der Waals surface area (Å²) in [6.45, 7) is 2.21. The Labute approximate surface area is 102 Å². The van der Waals surface area contributed by atoms with E-state index in [1.807, 2.05) is 0 Å². The molecule has 0 heterocycles. The third kappa shape index (κ3) is 5.97. The van der Waals surface area contributed by atoms with Crippen LogP contribution in [0.15, 0.2) is 0 Å². The van der Waals surface area contributed by atoms with Crippen LogP contribution < -0.4 is 4.72 Å². The van der Waals surface area contributed by atoms with Crippen molar-refractivity contribution in [3.8, 4) is 0 Å². The van der Waals surface area contributed by atoms with Gasteiger partial charge in [0.25, 0.3) is 10.2 Å². The minimum absolute atomic E-state index is 0.171. The molecule has 17 heavy (non-hydrogen) atoms. The molecule has 0 aliphatic carbocycles. The molecular formula is C9H20N2O5S. The number of likely N-dealkylation sites (N-methyl/N-ethyl adjacent to an activating group) is 1. The molecule has 0 radical (unpaired) electrons. The number of ether oxygens (including phenoxy) is 1. The second-order valence-electron chi connectivity index (χ2n) is 3.62. The number of hydrogen-bond acceptors (Lipinski definition) is 4. The van der Waals surface area contributed by atoms with E-state index in [9.17, 15) is 13.2 Å². The van der Waals surface area contributed by atoms with E-state index >= 15 is 0 Å². The highest BCUT2D eigenvalue weighted by Gasteiger charge is 2.25. The first-order valence-electron chi connectivity index (χ1n) is 5.30. The van der Waals surface area contributed by atoms with Crippen LogP contribution in [0.3, 0.4) is 0 Å². The van der Waals surface area contributed by atoms with Crippen LogP contribution in [-0.2, 0) is 19.7 Å². The number of carbonyl (C=O) groups is 1. The summed E-state index contributed by atoms with van der Waals surface area (Å²) in [7, 11) is -0.946. The molecule has 0 aliphatic rings. The predicted octanol–water partition coefficient (Wildman–Crippen LogP) is -0.348. The Morgan fingerprint density at radius 1 is 1.53 bits per heavy atom. The Kier molecular flexibility index (Phi) is 7.28. The molecule has 0 aliphatic heterocycles. The van der Waals surface area contributed by atoms with Crippen LogP contribution >= 0.6 is 0 Å². The molecule has 0 aromatic carbocycles. The predicted molar refractivity (Wildman–Crippen MR) is 62.9 cm³/mol. The summed E-state index contributed by atoms with van der Waals surface area (Å²) < 4.78 is 31.4. The minimum atomic E-state index is -3.78. The first-order chi connectivity index (χ1) is 7.85. The van der Waals surface area contributed by atoms with E-state index in [0.29, 0.717) is 6.42 Å². The van der Waals surface area contributed by atoms with E-state index in [0.717, 1.165) is 4.31 Å². The van der Waals surface area contributed by atoms with Crippen LogP contribution in [0.2, 0.25) is 0 Å². The van der Waals surface area contributed by atoms with E-state index in [4.69, 9.17) is 9.84 Å². The SMILES string of the molecule is CCCC(NS(=O)(=O)N(C)CCOC)C(=O)O. The lowest BCUT2D eigenvalue weighted by atomic mass is 10.2. The van der Waals surface area contributed by atoms with Gasteiger partial charge in [-0.25, -0.2) is 0 Å². The molecule has 0 spiro atoms. The Balaban J connectivity index is 4.54. The molecule has 0 rings (SSSR count). The van der Waals surface area contributed by atoms with E-state index in [1.54, 1.807) is 6.92 Å². The van der Waals surface area contributed by atoms with Crippen molar-refractivity contribution in [1.82, 2.24) is 9.03 Å². The maximum atomic E-state index is 11.7. The van der Waals surface area contributed by atoms with Gasteiger partial charge in [-0.05, 0) is 6.42 Å². The Morgan fingerprint density at radius 3 is 2.53 bits per heavy atom. The van der Waals surface area contributed by atoms with Crippen molar-refractivity contribution in [3.05, 3.63) is 0 Å². The molecular weight excluding hydrogens is 248 g/mol. The molecule has 0 aromatic heterocycles. The highest BCUT2D eigenvalue weighted by atomic mass is 32.2. The molecule has 1 unspecified atom stereocenters. The van der Waals surface area contributed by atoms with Gasteiger partial charge in [-0.3, -0.25) is 4.79 Å². The lowest BCUT2D eigenvalue weighted by Gasteiger charge is -2.20. The second kappa shape index (κ2) is 7.59. The van der Waals surface area contributed by atoms with Gasteiger partial charge in [0.05, 0.1) is 6.61 Å². The number of rotatable bonds is 9. The van der Waals surface area contributed by atoms with Gasteiger partial charge in [-0.1, -0.05) is 13.3 Å². The summed E-state index contributed by atoms with van der Waals surface area (Å²) >= 11 is 0. The topological polar surface area (TPSA) is 95.9 Å². The van der Waals surface area contributed by atoms with Gasteiger partial charge in [-0.2, -0.15) is 17.4 Å². The molecule has 0 bridgehead atoms. The molecule has 102 valence electrons. The highest BCUT2D eigenvalue weighted by Crippen LogP contribution is 2.02. The van der Waals surface area contributed by atoms with Gasteiger partial charge in [0.1, 0.15) is 6.04 Å². The lowest BCUT2D eigenvalue weighted by Crippen LogP contribution is -2.47. The van der Waals surface area contributed by atoms with Crippen LogP contribution in [0.5, 0.6) is 0 Å². The maximum Gasteiger partial charge on any atom is 0.321 e. The molecule has 0 fully saturated rings. The van der Waals surface area contributed by atoms with Crippen molar-refractivity contribution in [2.45, 2.75) is 25.8 Å². The maximum absolute atomic E-state index is 11.7. The van der Waals surface area contributed by atoms with Crippen molar-refractivity contribution < 1.29 is 23.1 Å². The average molecular weight is 268 g/mol. The fourth-order valence-electron chi connectivity index (χ4n) is 1.13. The molecule has 0 saturated heterocycles. The van der Waals surface area contributed by atoms with Crippen molar-refractivity contribution >= 4 is 16.2 Å². The number of nitrogens with one attached hydrogen (secondary N) is 1. The lowest BCUT2D eigenvalue weighted by molar-refractivity contribution is -0.139. The summed E-state index contributed by atoms with van der Waals surface area (Å²) in [4.78, 5) is 10.8. The minimum Gasteiger partial charge on any atom is -0.480 e. The van der Waals surface area contributed by atoms with E-state index in [1.165, 1.54) is 14.2 Å². The first-order valence-corrected chi connectivity index (χ1v) is 6.74. The Hall–Kier alpha value is -0.700. The van der Waals surface area contributed by atoms with Crippen LogP contribution in [0.4, 0.5) is 0 Å². The smallest absolute Gasteiger partial charge is 0.321 e.